The van der Waals surface area contributed by atoms with Gasteiger partial charge in [-0.3, -0.25) is 4.98 Å². The van der Waals surface area contributed by atoms with E-state index in [1.807, 2.05) is 29.6 Å². The van der Waals surface area contributed by atoms with Gasteiger partial charge in [-0.15, -0.1) is 0 Å². The van der Waals surface area contributed by atoms with Crippen LogP contribution in [-0.4, -0.2) is 60.7 Å². The van der Waals surface area contributed by atoms with Crippen molar-refractivity contribution in [2.75, 3.05) is 38.3 Å². The average molecular weight is 297 g/mol. The molecule has 0 amide bonds. The van der Waals surface area contributed by atoms with Crippen LogP contribution in [0.4, 0.5) is 5.95 Å². The number of aryl methyl sites for hydroxylation is 1. The molecule has 0 saturated heterocycles. The number of hydrogen-bond acceptors (Lipinski definition) is 5. The minimum Gasteiger partial charge on any atom is -0.344 e. The molecule has 0 radical (unpaired) electrons. The molecule has 0 N–H and O–H groups in total. The number of nitrogens with zero attached hydrogens (tertiary/aromatic N) is 5. The normalized spacial score (nSPS) is 12.2. The van der Waals surface area contributed by atoms with E-state index in [1.165, 1.54) is 10.6 Å². The zero-order chi connectivity index (χ0) is 14.9. The van der Waals surface area contributed by atoms with Crippen molar-refractivity contribution in [3.63, 3.8) is 0 Å². The van der Waals surface area contributed by atoms with Gasteiger partial charge in [-0.1, -0.05) is 0 Å². The van der Waals surface area contributed by atoms with Gasteiger partial charge in [0.05, 0.1) is 18.0 Å². The molecule has 110 valence electrons. The molecule has 0 unspecified atom stereocenters. The van der Waals surface area contributed by atoms with E-state index in [0.717, 1.165) is 17.0 Å². The van der Waals surface area contributed by atoms with Gasteiger partial charge in [0.1, 0.15) is 5.52 Å². The monoisotopic (exact) mass is 297 g/mol. The Morgan fingerprint density at radius 3 is 2.60 bits per heavy atom. The second-order valence-corrected chi connectivity index (χ2v) is 6.93. The molecule has 0 saturated carbocycles. The second kappa shape index (κ2) is 5.37. The van der Waals surface area contributed by atoms with Crippen LogP contribution in [-0.2, 0) is 17.1 Å². The third-order valence-electron chi connectivity index (χ3n) is 3.32. The molecule has 0 aliphatic rings. The Hall–Kier alpha value is -1.67. The van der Waals surface area contributed by atoms with Gasteiger partial charge in [0, 0.05) is 40.4 Å². The predicted molar refractivity (Wildman–Crippen MR) is 79.3 cm³/mol. The summed E-state index contributed by atoms with van der Waals surface area (Å²) in [5.41, 5.74) is 1.83. The maximum absolute atomic E-state index is 11.4. The highest BCUT2D eigenvalue weighted by molar-refractivity contribution is 7.88. The van der Waals surface area contributed by atoms with Crippen LogP contribution in [0.3, 0.4) is 0 Å². The molecule has 2 heterocycles. The number of fused-ring (bicyclic) bond motifs is 1. The Morgan fingerprint density at radius 2 is 2.00 bits per heavy atom. The zero-order valence-electron chi connectivity index (χ0n) is 12.1. The molecule has 0 aromatic carbocycles. The van der Waals surface area contributed by atoms with Gasteiger partial charge in [-0.05, 0) is 6.07 Å². The molecule has 20 heavy (non-hydrogen) atoms. The highest BCUT2D eigenvalue weighted by Crippen LogP contribution is 2.19. The fourth-order valence-corrected chi connectivity index (χ4v) is 2.35. The number of likely N-dealkylation sites (N-methyl/N-ethyl adjacent to an activating group) is 2. The van der Waals surface area contributed by atoms with Crippen LogP contribution in [0.15, 0.2) is 18.5 Å². The summed E-state index contributed by atoms with van der Waals surface area (Å²) in [6.45, 7) is 0.977. The van der Waals surface area contributed by atoms with Crippen LogP contribution in [0.25, 0.3) is 11.0 Å². The van der Waals surface area contributed by atoms with E-state index in [4.69, 9.17) is 0 Å². The Bertz CT molecular complexity index is 710. The first-order valence-corrected chi connectivity index (χ1v) is 8.04. The molecule has 0 aliphatic carbocycles. The molecule has 2 aromatic heterocycles. The topological polar surface area (TPSA) is 71.3 Å². The van der Waals surface area contributed by atoms with Crippen molar-refractivity contribution in [3.8, 4) is 0 Å². The van der Waals surface area contributed by atoms with Crippen LogP contribution in [0.5, 0.6) is 0 Å². The Labute approximate surface area is 118 Å². The van der Waals surface area contributed by atoms with E-state index in [0.29, 0.717) is 13.1 Å². The standard InChI is InChI=1S/C12H19N5O2S/c1-15(7-8-16(2)20(4,18)19)12-14-10-9-13-6-5-11(10)17(12)3/h5-6,9H,7-8H2,1-4H3. The first-order valence-electron chi connectivity index (χ1n) is 6.19. The van der Waals surface area contributed by atoms with Crippen molar-refractivity contribution in [2.45, 2.75) is 0 Å². The van der Waals surface area contributed by atoms with Crippen molar-refractivity contribution < 1.29 is 8.42 Å². The lowest BCUT2D eigenvalue weighted by molar-refractivity contribution is 0.478. The van der Waals surface area contributed by atoms with Crippen LogP contribution in [0.2, 0.25) is 0 Å². The van der Waals surface area contributed by atoms with E-state index >= 15 is 0 Å². The minimum atomic E-state index is -3.15. The number of aromatic nitrogens is 3. The van der Waals surface area contributed by atoms with Crippen LogP contribution in [0, 0.1) is 0 Å². The number of anilines is 1. The van der Waals surface area contributed by atoms with Crippen molar-refractivity contribution in [1.29, 1.82) is 0 Å². The fraction of sp³-hybridized carbons (Fsp3) is 0.500. The van der Waals surface area contributed by atoms with Gasteiger partial charge in [-0.25, -0.2) is 17.7 Å². The van der Waals surface area contributed by atoms with Gasteiger partial charge in [0.2, 0.25) is 16.0 Å². The number of pyridine rings is 1. The molecule has 2 aromatic rings. The summed E-state index contributed by atoms with van der Waals surface area (Å²) >= 11 is 0. The Kier molecular flexibility index (Phi) is 3.96. The summed E-state index contributed by atoms with van der Waals surface area (Å²) in [5.74, 6) is 0.787. The van der Waals surface area contributed by atoms with E-state index in [1.54, 1.807) is 19.4 Å². The summed E-state index contributed by atoms with van der Waals surface area (Å²) < 4.78 is 26.0. The molecule has 7 nitrogen and oxygen atoms in total. The van der Waals surface area contributed by atoms with Gasteiger partial charge >= 0.3 is 0 Å². The molecule has 0 bridgehead atoms. The van der Waals surface area contributed by atoms with Gasteiger partial charge in [0.25, 0.3) is 0 Å². The highest BCUT2D eigenvalue weighted by Gasteiger charge is 2.15. The van der Waals surface area contributed by atoms with E-state index in [9.17, 15) is 8.42 Å². The lowest BCUT2D eigenvalue weighted by Crippen LogP contribution is -2.35. The van der Waals surface area contributed by atoms with Crippen LogP contribution < -0.4 is 4.90 Å². The van der Waals surface area contributed by atoms with E-state index in [2.05, 4.69) is 9.97 Å². The van der Waals surface area contributed by atoms with Crippen molar-refractivity contribution >= 4 is 27.0 Å². The van der Waals surface area contributed by atoms with E-state index < -0.39 is 10.0 Å². The minimum absolute atomic E-state index is 0.413. The average Bonchev–Trinajstić information content (AvgIpc) is 2.72. The first-order chi connectivity index (χ1) is 9.30. The number of hydrogen-bond donors (Lipinski definition) is 0. The Morgan fingerprint density at radius 1 is 1.30 bits per heavy atom. The molecular weight excluding hydrogens is 278 g/mol. The maximum Gasteiger partial charge on any atom is 0.211 e. The molecule has 0 spiro atoms. The molecular formula is C12H19N5O2S. The molecule has 8 heteroatoms. The SMILES string of the molecule is CN(CCN(C)S(C)(=O)=O)c1nc2cnccc2n1C. The van der Waals surface area contributed by atoms with Gasteiger partial charge in [-0.2, -0.15) is 0 Å². The number of imidazole rings is 1. The molecule has 2 rings (SSSR count). The predicted octanol–water partition coefficient (Wildman–Crippen LogP) is 0.296. The lowest BCUT2D eigenvalue weighted by atomic mass is 10.4. The van der Waals surface area contributed by atoms with Crippen LogP contribution in [0.1, 0.15) is 0 Å². The summed E-state index contributed by atoms with van der Waals surface area (Å²) in [6.07, 6.45) is 4.65. The summed E-state index contributed by atoms with van der Waals surface area (Å²) in [6, 6.07) is 1.91. The lowest BCUT2D eigenvalue weighted by Gasteiger charge is -2.21. The fourth-order valence-electron chi connectivity index (χ4n) is 1.94. The number of sulfonamides is 1. The highest BCUT2D eigenvalue weighted by atomic mass is 32.2. The quantitative estimate of drug-likeness (QED) is 0.793. The summed E-state index contributed by atoms with van der Waals surface area (Å²) in [4.78, 5) is 10.5. The third-order valence-corrected chi connectivity index (χ3v) is 4.63. The number of rotatable bonds is 5. The largest absolute Gasteiger partial charge is 0.344 e. The maximum atomic E-state index is 11.4. The third kappa shape index (κ3) is 2.91. The Balaban J connectivity index is 2.16. The van der Waals surface area contributed by atoms with Crippen molar-refractivity contribution in [3.05, 3.63) is 18.5 Å². The smallest absolute Gasteiger partial charge is 0.211 e. The zero-order valence-corrected chi connectivity index (χ0v) is 12.9. The van der Waals surface area contributed by atoms with Crippen molar-refractivity contribution in [1.82, 2.24) is 18.8 Å². The van der Waals surface area contributed by atoms with Crippen LogP contribution >= 0.6 is 0 Å². The van der Waals surface area contributed by atoms with Gasteiger partial charge in [0.15, 0.2) is 0 Å². The van der Waals surface area contributed by atoms with E-state index in [-0.39, 0.29) is 0 Å². The molecule has 0 aliphatic heterocycles. The first kappa shape index (κ1) is 14.7. The summed E-state index contributed by atoms with van der Waals surface area (Å²) in [5, 5.41) is 0. The second-order valence-electron chi connectivity index (χ2n) is 4.84. The summed E-state index contributed by atoms with van der Waals surface area (Å²) in [7, 11) is 2.25. The molecule has 0 fully saturated rings. The van der Waals surface area contributed by atoms with Crippen molar-refractivity contribution in [2.24, 2.45) is 7.05 Å². The van der Waals surface area contributed by atoms with Gasteiger partial charge < -0.3 is 9.47 Å². The molecule has 0 atom stereocenters.